The minimum atomic E-state index is -0.537. The van der Waals surface area contributed by atoms with Crippen LogP contribution in [-0.2, 0) is 11.3 Å². The van der Waals surface area contributed by atoms with Crippen molar-refractivity contribution in [3.63, 3.8) is 0 Å². The molecule has 2 aromatic carbocycles. The Morgan fingerprint density at radius 1 is 1.09 bits per heavy atom. The van der Waals surface area contributed by atoms with Gasteiger partial charge >= 0.3 is 5.97 Å². The van der Waals surface area contributed by atoms with Gasteiger partial charge in [-0.25, -0.2) is 4.79 Å². The van der Waals surface area contributed by atoms with Crippen molar-refractivity contribution in [1.29, 1.82) is 0 Å². The zero-order valence-corrected chi connectivity index (χ0v) is 21.8. The van der Waals surface area contributed by atoms with E-state index in [1.807, 2.05) is 44.9 Å². The van der Waals surface area contributed by atoms with Crippen LogP contribution in [0.3, 0.4) is 0 Å². The van der Waals surface area contributed by atoms with Crippen LogP contribution in [0.2, 0.25) is 5.02 Å². The van der Waals surface area contributed by atoms with Crippen LogP contribution in [0, 0.1) is 12.3 Å². The van der Waals surface area contributed by atoms with Gasteiger partial charge in [-0.3, -0.25) is 4.79 Å². The number of amides is 1. The largest absolute Gasteiger partial charge is 0.456 e. The fourth-order valence-corrected chi connectivity index (χ4v) is 4.86. The normalized spacial score (nSPS) is 17.9. The van der Waals surface area contributed by atoms with E-state index < -0.39 is 5.60 Å². The summed E-state index contributed by atoms with van der Waals surface area (Å²) in [5, 5.41) is 3.82. The third kappa shape index (κ3) is 7.10. The number of carbonyl (C=O) groups excluding carboxylic acids is 2. The summed E-state index contributed by atoms with van der Waals surface area (Å²) in [7, 11) is 1.90. The summed E-state index contributed by atoms with van der Waals surface area (Å²) in [5.74, 6) is 2.65. The number of carbonyl (C=O) groups is 2. The molecule has 2 aromatic rings. The molecule has 3 rings (SSSR count). The van der Waals surface area contributed by atoms with E-state index in [-0.39, 0.29) is 24.5 Å². The predicted octanol–water partition coefficient (Wildman–Crippen LogP) is 5.82. The molecule has 1 saturated carbocycles. The monoisotopic (exact) mass is 494 g/mol. The maximum Gasteiger partial charge on any atom is 0.338 e. The number of benzene rings is 2. The summed E-state index contributed by atoms with van der Waals surface area (Å²) < 4.78 is 5.55. The Balaban J connectivity index is 1.73. The van der Waals surface area contributed by atoms with Crippen molar-refractivity contribution in [1.82, 2.24) is 10.2 Å². The molecule has 0 bridgehead atoms. The average Bonchev–Trinajstić information content (AvgIpc) is 2.82. The highest BCUT2D eigenvalue weighted by Gasteiger charge is 2.31. The molecule has 0 aliphatic heterocycles. The summed E-state index contributed by atoms with van der Waals surface area (Å²) in [6, 6.07) is 12.9. The number of ether oxygens (including phenoxy) is 1. The lowest BCUT2D eigenvalue weighted by atomic mass is 9.79. The zero-order valence-electron chi connectivity index (χ0n) is 21.1. The molecule has 35 heavy (non-hydrogen) atoms. The van der Waals surface area contributed by atoms with Crippen molar-refractivity contribution in [3.05, 3.63) is 69.7 Å². The Bertz CT molecular complexity index is 1070. The second kappa shape index (κ2) is 11.7. The molecule has 5 nitrogen and oxygen atoms in total. The van der Waals surface area contributed by atoms with Crippen molar-refractivity contribution in [2.24, 2.45) is 0 Å². The van der Waals surface area contributed by atoms with E-state index in [0.717, 1.165) is 31.2 Å². The Labute approximate surface area is 214 Å². The number of nitrogens with one attached hydrogen (secondary N) is 1. The molecule has 186 valence electrons. The topological polar surface area (TPSA) is 58.6 Å². The lowest BCUT2D eigenvalue weighted by Crippen LogP contribution is -2.42. The Hall–Kier alpha value is -2.81. The maximum atomic E-state index is 13.2. The molecule has 1 N–H and O–H groups in total. The number of terminal acetylenes is 1. The number of halogens is 1. The first-order chi connectivity index (χ1) is 16.6. The van der Waals surface area contributed by atoms with Gasteiger partial charge in [-0.05, 0) is 107 Å². The predicted molar refractivity (Wildman–Crippen MR) is 141 cm³/mol. The highest BCUT2D eigenvalue weighted by atomic mass is 35.5. The van der Waals surface area contributed by atoms with E-state index in [2.05, 4.69) is 17.3 Å². The molecule has 0 heterocycles. The molecule has 0 radical (unpaired) electrons. The SMILES string of the molecule is C#CCN(C(=O)c1ccc(Cl)cc1)C1CCC(c2ccc(C(=O)OC(C)(C)C)cc2CNC)CC1. The van der Waals surface area contributed by atoms with Crippen LogP contribution in [0.5, 0.6) is 0 Å². The first-order valence-corrected chi connectivity index (χ1v) is 12.5. The minimum absolute atomic E-state index is 0.0550. The van der Waals surface area contributed by atoms with Gasteiger partial charge in [-0.1, -0.05) is 23.6 Å². The van der Waals surface area contributed by atoms with E-state index >= 15 is 0 Å². The molecule has 1 aliphatic rings. The molecular weight excluding hydrogens is 460 g/mol. The summed E-state index contributed by atoms with van der Waals surface area (Å²) in [4.78, 5) is 27.6. The fourth-order valence-electron chi connectivity index (χ4n) is 4.73. The molecule has 1 amide bonds. The first kappa shape index (κ1) is 26.8. The molecule has 0 saturated heterocycles. The second-order valence-electron chi connectivity index (χ2n) is 10.1. The van der Waals surface area contributed by atoms with Crippen LogP contribution in [0.4, 0.5) is 0 Å². The van der Waals surface area contributed by atoms with Crippen molar-refractivity contribution in [2.75, 3.05) is 13.6 Å². The molecule has 0 aromatic heterocycles. The lowest BCUT2D eigenvalue weighted by molar-refractivity contribution is 0.00692. The molecular formula is C29H35ClN2O3. The summed E-state index contributed by atoms with van der Waals surface area (Å²) in [6.45, 7) is 6.56. The van der Waals surface area contributed by atoms with Crippen LogP contribution in [0.15, 0.2) is 42.5 Å². The van der Waals surface area contributed by atoms with Gasteiger partial charge in [0.2, 0.25) is 0 Å². The highest BCUT2D eigenvalue weighted by Crippen LogP contribution is 2.37. The molecule has 0 atom stereocenters. The van der Waals surface area contributed by atoms with Crippen molar-refractivity contribution < 1.29 is 14.3 Å². The Kier molecular flexibility index (Phi) is 8.99. The van der Waals surface area contributed by atoms with Gasteiger partial charge in [0.1, 0.15) is 5.60 Å². The van der Waals surface area contributed by atoms with E-state index in [1.54, 1.807) is 24.3 Å². The molecule has 1 fully saturated rings. The Morgan fingerprint density at radius 3 is 2.29 bits per heavy atom. The Morgan fingerprint density at radius 2 is 1.71 bits per heavy atom. The van der Waals surface area contributed by atoms with Crippen LogP contribution < -0.4 is 5.32 Å². The summed E-state index contributed by atoms with van der Waals surface area (Å²) >= 11 is 5.98. The second-order valence-corrected chi connectivity index (χ2v) is 10.5. The number of nitrogens with zero attached hydrogens (tertiary/aromatic N) is 1. The number of esters is 1. The first-order valence-electron chi connectivity index (χ1n) is 12.1. The van der Waals surface area contributed by atoms with Crippen molar-refractivity contribution >= 4 is 23.5 Å². The smallest absolute Gasteiger partial charge is 0.338 e. The standard InChI is InChI=1S/C29H35ClN2O3/c1-6-17-32(27(33)21-7-12-24(30)13-8-21)25-14-9-20(10-15-25)26-16-11-22(18-23(26)19-31-5)28(34)35-29(2,3)4/h1,7-8,11-13,16,18,20,25,31H,9-10,14-15,17,19H2,2-5H3. The number of hydrogen-bond donors (Lipinski definition) is 1. The van der Waals surface area contributed by atoms with Crippen molar-refractivity contribution in [2.45, 2.75) is 70.6 Å². The van der Waals surface area contributed by atoms with Gasteiger partial charge in [0, 0.05) is 23.2 Å². The van der Waals surface area contributed by atoms with E-state index in [9.17, 15) is 9.59 Å². The van der Waals surface area contributed by atoms with Crippen molar-refractivity contribution in [3.8, 4) is 12.3 Å². The third-order valence-corrected chi connectivity index (χ3v) is 6.59. The average molecular weight is 495 g/mol. The highest BCUT2D eigenvalue weighted by molar-refractivity contribution is 6.30. The molecule has 0 unspecified atom stereocenters. The van der Waals surface area contributed by atoms with Gasteiger partial charge in [-0.15, -0.1) is 6.42 Å². The lowest BCUT2D eigenvalue weighted by Gasteiger charge is -2.37. The maximum absolute atomic E-state index is 13.2. The third-order valence-electron chi connectivity index (χ3n) is 6.34. The summed E-state index contributed by atoms with van der Waals surface area (Å²) in [5.41, 5.74) is 2.98. The van der Waals surface area contributed by atoms with E-state index in [0.29, 0.717) is 28.6 Å². The van der Waals surface area contributed by atoms with E-state index in [4.69, 9.17) is 22.8 Å². The number of hydrogen-bond acceptors (Lipinski definition) is 4. The van der Waals surface area contributed by atoms with E-state index in [1.165, 1.54) is 5.56 Å². The molecule has 0 spiro atoms. The molecule has 6 heteroatoms. The van der Waals surface area contributed by atoms with Crippen LogP contribution in [0.25, 0.3) is 0 Å². The van der Waals surface area contributed by atoms with Crippen LogP contribution >= 0.6 is 11.6 Å². The number of rotatable bonds is 7. The van der Waals surface area contributed by atoms with Gasteiger partial charge in [0.25, 0.3) is 5.91 Å². The quantitative estimate of drug-likeness (QED) is 0.389. The fraction of sp³-hybridized carbons (Fsp3) is 0.448. The molecule has 1 aliphatic carbocycles. The van der Waals surface area contributed by atoms with Crippen LogP contribution in [0.1, 0.15) is 84.2 Å². The van der Waals surface area contributed by atoms with Gasteiger partial charge in [0.15, 0.2) is 0 Å². The summed E-state index contributed by atoms with van der Waals surface area (Å²) in [6.07, 6.45) is 9.25. The van der Waals surface area contributed by atoms with Crippen LogP contribution in [-0.4, -0.2) is 42.0 Å². The minimum Gasteiger partial charge on any atom is -0.456 e. The zero-order chi connectivity index (χ0) is 25.6. The van der Waals surface area contributed by atoms with Gasteiger partial charge in [-0.2, -0.15) is 0 Å². The van der Waals surface area contributed by atoms with Gasteiger partial charge in [0.05, 0.1) is 12.1 Å². The van der Waals surface area contributed by atoms with Gasteiger partial charge < -0.3 is 15.0 Å².